The molecule has 1 saturated heterocycles. The van der Waals surface area contributed by atoms with Crippen molar-refractivity contribution in [1.29, 1.82) is 0 Å². The Morgan fingerprint density at radius 3 is 2.23 bits per heavy atom. The number of benzene rings is 2. The third-order valence-electron chi connectivity index (χ3n) is 4.77. The van der Waals surface area contributed by atoms with Crippen molar-refractivity contribution < 1.29 is 23.9 Å². The summed E-state index contributed by atoms with van der Waals surface area (Å²) < 4.78 is 10.7. The molecule has 2 aromatic rings. The normalized spacial score (nSPS) is 18.4. The van der Waals surface area contributed by atoms with Gasteiger partial charge in [-0.3, -0.25) is 15.0 Å². The molecule has 30 heavy (non-hydrogen) atoms. The number of rotatable bonds is 7. The topological polar surface area (TPSA) is 97.0 Å². The molecule has 1 aliphatic heterocycles. The van der Waals surface area contributed by atoms with Crippen molar-refractivity contribution >= 4 is 17.8 Å². The van der Waals surface area contributed by atoms with Gasteiger partial charge in [-0.1, -0.05) is 26.0 Å². The van der Waals surface area contributed by atoms with Crippen LogP contribution in [0.3, 0.4) is 0 Å². The molecule has 1 fully saturated rings. The summed E-state index contributed by atoms with van der Waals surface area (Å²) in [7, 11) is 1.54. The molecule has 0 aliphatic carbocycles. The van der Waals surface area contributed by atoms with E-state index in [-0.39, 0.29) is 0 Å². The number of carbonyl (C=O) groups excluding carboxylic acids is 3. The molecule has 1 atom stereocenters. The first-order chi connectivity index (χ1) is 14.2. The second-order valence-corrected chi connectivity index (χ2v) is 7.59. The van der Waals surface area contributed by atoms with Crippen LogP contribution in [0.25, 0.3) is 0 Å². The lowest BCUT2D eigenvalue weighted by molar-refractivity contribution is -0.132. The van der Waals surface area contributed by atoms with E-state index in [0.29, 0.717) is 40.2 Å². The molecule has 0 radical (unpaired) electrons. The highest BCUT2D eigenvalue weighted by Gasteiger charge is 2.50. The zero-order chi connectivity index (χ0) is 21.9. The first-order valence-corrected chi connectivity index (χ1v) is 9.59. The maximum atomic E-state index is 12.9. The van der Waals surface area contributed by atoms with Gasteiger partial charge < -0.3 is 14.8 Å². The monoisotopic (exact) mass is 411 g/mol. The van der Waals surface area contributed by atoms with Crippen LogP contribution in [0.4, 0.5) is 4.79 Å². The smallest absolute Gasteiger partial charge is 0.344 e. The Morgan fingerprint density at radius 2 is 1.67 bits per heavy atom. The molecule has 0 aromatic heterocycles. The molecule has 4 amide bonds. The molecule has 8 heteroatoms. The highest BCUT2D eigenvalue weighted by Crippen LogP contribution is 2.29. The molecule has 3 rings (SSSR count). The summed E-state index contributed by atoms with van der Waals surface area (Å²) in [5.74, 6) is 0.496. The van der Waals surface area contributed by atoms with E-state index in [1.165, 1.54) is 0 Å². The Hall–Kier alpha value is -3.55. The van der Waals surface area contributed by atoms with Gasteiger partial charge in [-0.2, -0.15) is 5.01 Å². The number of hydrazine groups is 1. The maximum Gasteiger partial charge on any atom is 0.344 e. The average Bonchev–Trinajstić information content (AvgIpc) is 2.96. The number of nitrogens with one attached hydrogen (secondary N) is 2. The van der Waals surface area contributed by atoms with Gasteiger partial charge in [0.25, 0.3) is 11.8 Å². The van der Waals surface area contributed by atoms with Gasteiger partial charge in [0.15, 0.2) is 0 Å². The van der Waals surface area contributed by atoms with Crippen LogP contribution in [-0.4, -0.2) is 36.6 Å². The lowest BCUT2D eigenvalue weighted by Gasteiger charge is -2.22. The molecular formula is C22H25N3O5. The molecule has 0 saturated carbocycles. The second kappa shape index (κ2) is 8.44. The summed E-state index contributed by atoms with van der Waals surface area (Å²) in [5, 5.41) is 3.34. The summed E-state index contributed by atoms with van der Waals surface area (Å²) in [4.78, 5) is 37.9. The Labute approximate surface area is 175 Å². The van der Waals surface area contributed by atoms with Crippen molar-refractivity contribution in [3.63, 3.8) is 0 Å². The zero-order valence-electron chi connectivity index (χ0n) is 17.4. The van der Waals surface area contributed by atoms with Crippen LogP contribution in [0, 0.1) is 5.92 Å². The lowest BCUT2D eigenvalue weighted by atomic mass is 9.92. The van der Waals surface area contributed by atoms with Gasteiger partial charge in [0, 0.05) is 5.56 Å². The number of imide groups is 1. The number of amides is 4. The Bertz CT molecular complexity index is 940. The molecule has 0 spiro atoms. The van der Waals surface area contributed by atoms with Crippen LogP contribution in [0.15, 0.2) is 48.5 Å². The quantitative estimate of drug-likeness (QED) is 0.683. The first-order valence-electron chi connectivity index (χ1n) is 9.59. The minimum atomic E-state index is -1.30. The number of urea groups is 1. The zero-order valence-corrected chi connectivity index (χ0v) is 17.4. The predicted molar refractivity (Wildman–Crippen MR) is 110 cm³/mol. The van der Waals surface area contributed by atoms with E-state index in [9.17, 15) is 14.4 Å². The minimum Gasteiger partial charge on any atom is -0.497 e. The third kappa shape index (κ3) is 4.22. The highest BCUT2D eigenvalue weighted by atomic mass is 16.5. The first kappa shape index (κ1) is 21.2. The third-order valence-corrected chi connectivity index (χ3v) is 4.77. The molecule has 0 unspecified atom stereocenters. The summed E-state index contributed by atoms with van der Waals surface area (Å²) in [6.07, 6.45) is 0. The molecule has 2 N–H and O–H groups in total. The molecule has 1 aliphatic rings. The van der Waals surface area contributed by atoms with E-state index >= 15 is 0 Å². The van der Waals surface area contributed by atoms with Crippen LogP contribution in [0.2, 0.25) is 0 Å². The van der Waals surface area contributed by atoms with Crippen molar-refractivity contribution in [3.8, 4) is 11.5 Å². The number of methoxy groups -OCH3 is 1. The van der Waals surface area contributed by atoms with Gasteiger partial charge in [0.1, 0.15) is 17.0 Å². The van der Waals surface area contributed by atoms with Crippen LogP contribution in [0.1, 0.15) is 36.7 Å². The minimum absolute atomic E-state index is 0.297. The van der Waals surface area contributed by atoms with Crippen molar-refractivity contribution in [2.24, 2.45) is 5.92 Å². The van der Waals surface area contributed by atoms with Gasteiger partial charge in [0.2, 0.25) is 0 Å². The molecule has 2 aromatic carbocycles. The van der Waals surface area contributed by atoms with Crippen LogP contribution < -0.4 is 20.2 Å². The van der Waals surface area contributed by atoms with Crippen LogP contribution in [0.5, 0.6) is 11.5 Å². The van der Waals surface area contributed by atoms with Crippen LogP contribution in [-0.2, 0) is 10.3 Å². The van der Waals surface area contributed by atoms with E-state index in [2.05, 4.69) is 10.7 Å². The SMILES string of the molecule is COc1ccc([C@@]2(C)NC(=O)N(NC(=O)c3ccc(OCC(C)C)cc3)C2=O)cc1. The van der Waals surface area contributed by atoms with E-state index in [1.807, 2.05) is 13.8 Å². The van der Waals surface area contributed by atoms with Gasteiger partial charge in [0.05, 0.1) is 13.7 Å². The van der Waals surface area contributed by atoms with E-state index < -0.39 is 23.4 Å². The van der Waals surface area contributed by atoms with E-state index in [4.69, 9.17) is 9.47 Å². The number of hydrogen-bond donors (Lipinski definition) is 2. The largest absolute Gasteiger partial charge is 0.497 e. The average molecular weight is 411 g/mol. The van der Waals surface area contributed by atoms with Crippen LogP contribution >= 0.6 is 0 Å². The van der Waals surface area contributed by atoms with Gasteiger partial charge in [-0.25, -0.2) is 4.79 Å². The van der Waals surface area contributed by atoms with Crippen molar-refractivity contribution in [2.45, 2.75) is 26.3 Å². The molecule has 0 bridgehead atoms. The number of ether oxygens (including phenoxy) is 2. The summed E-state index contributed by atoms with van der Waals surface area (Å²) in [6, 6.07) is 12.6. The molecule has 1 heterocycles. The molecule has 158 valence electrons. The standard InChI is InChI=1S/C22H25N3O5/c1-14(2)13-30-18-9-5-15(6-10-18)19(26)24-25-20(27)22(3,23-21(25)28)16-7-11-17(29-4)12-8-16/h5-12,14H,13H2,1-4H3,(H,23,28)(H,24,26)/t22-/m1/s1. The predicted octanol–water partition coefficient (Wildman–Crippen LogP) is 2.84. The summed E-state index contributed by atoms with van der Waals surface area (Å²) in [6.45, 7) is 6.24. The fourth-order valence-corrected chi connectivity index (χ4v) is 2.99. The van der Waals surface area contributed by atoms with Gasteiger partial charge >= 0.3 is 6.03 Å². The van der Waals surface area contributed by atoms with Crippen molar-refractivity contribution in [3.05, 3.63) is 59.7 Å². The lowest BCUT2D eigenvalue weighted by Crippen LogP contribution is -2.47. The van der Waals surface area contributed by atoms with Crippen molar-refractivity contribution in [2.75, 3.05) is 13.7 Å². The number of hydrogen-bond acceptors (Lipinski definition) is 5. The van der Waals surface area contributed by atoms with Crippen molar-refractivity contribution in [1.82, 2.24) is 15.8 Å². The Morgan fingerprint density at radius 1 is 1.07 bits per heavy atom. The highest BCUT2D eigenvalue weighted by molar-refractivity contribution is 6.09. The molecular weight excluding hydrogens is 386 g/mol. The van der Waals surface area contributed by atoms with E-state index in [1.54, 1.807) is 62.6 Å². The fourth-order valence-electron chi connectivity index (χ4n) is 2.99. The second-order valence-electron chi connectivity index (χ2n) is 7.59. The Kier molecular flexibility index (Phi) is 5.96. The maximum absolute atomic E-state index is 12.9. The Balaban J connectivity index is 1.71. The summed E-state index contributed by atoms with van der Waals surface area (Å²) in [5.41, 5.74) is 1.95. The molecule has 8 nitrogen and oxygen atoms in total. The van der Waals surface area contributed by atoms with Gasteiger partial charge in [-0.05, 0) is 54.8 Å². The summed E-state index contributed by atoms with van der Waals surface area (Å²) >= 11 is 0. The number of nitrogens with zero attached hydrogens (tertiary/aromatic N) is 1. The fraction of sp³-hybridized carbons (Fsp3) is 0.318. The number of carbonyl (C=O) groups is 3. The van der Waals surface area contributed by atoms with Gasteiger partial charge in [-0.15, -0.1) is 0 Å². The van der Waals surface area contributed by atoms with E-state index in [0.717, 1.165) is 0 Å².